The SMILES string of the molecule is COc1cccc(OCC(=O)Nc2cccc(I)c2)c1. The van der Waals surface area contributed by atoms with Crippen LogP contribution in [-0.2, 0) is 4.79 Å². The molecule has 0 bridgehead atoms. The Morgan fingerprint density at radius 3 is 2.65 bits per heavy atom. The van der Waals surface area contributed by atoms with E-state index in [4.69, 9.17) is 9.47 Å². The molecule has 0 aliphatic rings. The molecule has 0 saturated heterocycles. The highest BCUT2D eigenvalue weighted by Crippen LogP contribution is 2.19. The first-order valence-electron chi connectivity index (χ1n) is 5.99. The molecule has 2 aromatic rings. The standard InChI is InChI=1S/C15H14INO3/c1-19-13-6-3-7-14(9-13)20-10-15(18)17-12-5-2-4-11(16)8-12/h2-9H,10H2,1H3,(H,17,18). The Kier molecular flexibility index (Phi) is 5.23. The summed E-state index contributed by atoms with van der Waals surface area (Å²) < 4.78 is 11.6. The van der Waals surface area contributed by atoms with E-state index in [1.165, 1.54) is 0 Å². The van der Waals surface area contributed by atoms with Gasteiger partial charge in [-0.1, -0.05) is 12.1 Å². The number of rotatable bonds is 5. The van der Waals surface area contributed by atoms with Crippen molar-refractivity contribution in [3.05, 3.63) is 52.1 Å². The molecule has 0 aromatic heterocycles. The molecule has 4 nitrogen and oxygen atoms in total. The minimum atomic E-state index is -0.199. The lowest BCUT2D eigenvalue weighted by Gasteiger charge is -2.08. The van der Waals surface area contributed by atoms with Crippen LogP contribution in [0.5, 0.6) is 11.5 Å². The summed E-state index contributed by atoms with van der Waals surface area (Å²) in [6.07, 6.45) is 0. The molecule has 2 rings (SSSR count). The molecule has 20 heavy (non-hydrogen) atoms. The average Bonchev–Trinajstić information content (AvgIpc) is 2.45. The van der Waals surface area contributed by atoms with Crippen molar-refractivity contribution in [2.75, 3.05) is 19.0 Å². The van der Waals surface area contributed by atoms with Crippen molar-refractivity contribution >= 4 is 34.2 Å². The number of anilines is 1. The van der Waals surface area contributed by atoms with E-state index in [1.807, 2.05) is 36.4 Å². The van der Waals surface area contributed by atoms with E-state index in [-0.39, 0.29) is 12.5 Å². The molecule has 0 saturated carbocycles. The highest BCUT2D eigenvalue weighted by atomic mass is 127. The molecule has 1 N–H and O–H groups in total. The maximum atomic E-state index is 11.8. The number of hydrogen-bond acceptors (Lipinski definition) is 3. The molecule has 1 amide bonds. The zero-order valence-electron chi connectivity index (χ0n) is 10.9. The highest BCUT2D eigenvalue weighted by Gasteiger charge is 2.04. The lowest BCUT2D eigenvalue weighted by Crippen LogP contribution is -2.20. The second-order valence-corrected chi connectivity index (χ2v) is 5.27. The van der Waals surface area contributed by atoms with Crippen LogP contribution in [0.3, 0.4) is 0 Å². The van der Waals surface area contributed by atoms with Crippen LogP contribution < -0.4 is 14.8 Å². The molecule has 0 heterocycles. The van der Waals surface area contributed by atoms with E-state index < -0.39 is 0 Å². The van der Waals surface area contributed by atoms with Crippen molar-refractivity contribution in [3.8, 4) is 11.5 Å². The van der Waals surface area contributed by atoms with Gasteiger partial charge in [-0.15, -0.1) is 0 Å². The molecule has 0 radical (unpaired) electrons. The third-order valence-corrected chi connectivity index (χ3v) is 3.19. The number of carbonyl (C=O) groups is 1. The summed E-state index contributed by atoms with van der Waals surface area (Å²) in [4.78, 5) is 11.8. The molecule has 0 aliphatic heterocycles. The van der Waals surface area contributed by atoms with E-state index in [9.17, 15) is 4.79 Å². The van der Waals surface area contributed by atoms with Crippen LogP contribution in [0.2, 0.25) is 0 Å². The first kappa shape index (κ1) is 14.6. The van der Waals surface area contributed by atoms with Crippen molar-refractivity contribution in [2.45, 2.75) is 0 Å². The Labute approximate surface area is 131 Å². The van der Waals surface area contributed by atoms with Crippen LogP contribution in [0.25, 0.3) is 0 Å². The zero-order chi connectivity index (χ0) is 14.4. The van der Waals surface area contributed by atoms with Gasteiger partial charge < -0.3 is 14.8 Å². The molecular weight excluding hydrogens is 369 g/mol. The summed E-state index contributed by atoms with van der Waals surface area (Å²) in [5, 5.41) is 2.78. The van der Waals surface area contributed by atoms with E-state index >= 15 is 0 Å². The van der Waals surface area contributed by atoms with Crippen LogP contribution >= 0.6 is 22.6 Å². The fourth-order valence-corrected chi connectivity index (χ4v) is 2.15. The molecule has 0 aliphatic carbocycles. The third kappa shape index (κ3) is 4.41. The fraction of sp³-hybridized carbons (Fsp3) is 0.133. The van der Waals surface area contributed by atoms with Gasteiger partial charge >= 0.3 is 0 Å². The minimum Gasteiger partial charge on any atom is -0.497 e. The molecule has 104 valence electrons. The normalized spacial score (nSPS) is 9.90. The Morgan fingerprint density at radius 2 is 1.90 bits per heavy atom. The van der Waals surface area contributed by atoms with Crippen LogP contribution in [0, 0.1) is 3.57 Å². The molecule has 2 aromatic carbocycles. The minimum absolute atomic E-state index is 0.0430. The van der Waals surface area contributed by atoms with Crippen molar-refractivity contribution in [2.24, 2.45) is 0 Å². The molecular formula is C15H14INO3. The van der Waals surface area contributed by atoms with Gasteiger partial charge in [-0.05, 0) is 52.9 Å². The largest absolute Gasteiger partial charge is 0.497 e. The number of benzene rings is 2. The predicted molar refractivity (Wildman–Crippen MR) is 86.3 cm³/mol. The van der Waals surface area contributed by atoms with Crippen molar-refractivity contribution in [3.63, 3.8) is 0 Å². The number of halogens is 1. The van der Waals surface area contributed by atoms with Crippen molar-refractivity contribution < 1.29 is 14.3 Å². The van der Waals surface area contributed by atoms with E-state index in [0.717, 1.165) is 9.26 Å². The quantitative estimate of drug-likeness (QED) is 0.806. The molecule has 0 fully saturated rings. The Morgan fingerprint density at radius 1 is 1.15 bits per heavy atom. The van der Waals surface area contributed by atoms with Gasteiger partial charge in [-0.3, -0.25) is 4.79 Å². The Hall–Kier alpha value is -1.76. The predicted octanol–water partition coefficient (Wildman–Crippen LogP) is 3.32. The third-order valence-electron chi connectivity index (χ3n) is 2.52. The zero-order valence-corrected chi connectivity index (χ0v) is 13.1. The first-order valence-corrected chi connectivity index (χ1v) is 7.07. The van der Waals surface area contributed by atoms with E-state index in [1.54, 1.807) is 19.2 Å². The fourth-order valence-electron chi connectivity index (χ4n) is 1.60. The van der Waals surface area contributed by atoms with E-state index in [2.05, 4.69) is 27.9 Å². The molecule has 5 heteroatoms. The second kappa shape index (κ2) is 7.14. The van der Waals surface area contributed by atoms with Gasteiger partial charge in [0.2, 0.25) is 0 Å². The monoisotopic (exact) mass is 383 g/mol. The second-order valence-electron chi connectivity index (χ2n) is 4.03. The summed E-state index contributed by atoms with van der Waals surface area (Å²) >= 11 is 2.19. The lowest BCUT2D eigenvalue weighted by atomic mass is 10.3. The number of amides is 1. The summed E-state index contributed by atoms with van der Waals surface area (Å²) in [6.45, 7) is -0.0430. The number of ether oxygens (including phenoxy) is 2. The van der Waals surface area contributed by atoms with Gasteiger partial charge in [-0.2, -0.15) is 0 Å². The molecule has 0 unspecified atom stereocenters. The number of carbonyl (C=O) groups excluding carboxylic acids is 1. The maximum absolute atomic E-state index is 11.8. The Bertz CT molecular complexity index is 601. The average molecular weight is 383 g/mol. The van der Waals surface area contributed by atoms with Gasteiger partial charge in [0.05, 0.1) is 7.11 Å². The summed E-state index contributed by atoms with van der Waals surface area (Å²) in [5.74, 6) is 1.09. The maximum Gasteiger partial charge on any atom is 0.262 e. The van der Waals surface area contributed by atoms with Crippen molar-refractivity contribution in [1.82, 2.24) is 0 Å². The smallest absolute Gasteiger partial charge is 0.262 e. The van der Waals surface area contributed by atoms with Crippen LogP contribution in [0.4, 0.5) is 5.69 Å². The van der Waals surface area contributed by atoms with Crippen LogP contribution in [-0.4, -0.2) is 19.6 Å². The highest BCUT2D eigenvalue weighted by molar-refractivity contribution is 14.1. The van der Waals surface area contributed by atoms with Gasteiger partial charge in [0.1, 0.15) is 11.5 Å². The van der Waals surface area contributed by atoms with Crippen molar-refractivity contribution in [1.29, 1.82) is 0 Å². The van der Waals surface area contributed by atoms with E-state index in [0.29, 0.717) is 11.5 Å². The van der Waals surface area contributed by atoms with Gasteiger partial charge in [0.15, 0.2) is 6.61 Å². The van der Waals surface area contributed by atoms with Gasteiger partial charge in [0, 0.05) is 15.3 Å². The van der Waals surface area contributed by atoms with Gasteiger partial charge in [-0.25, -0.2) is 0 Å². The number of hydrogen-bond donors (Lipinski definition) is 1. The summed E-state index contributed by atoms with van der Waals surface area (Å²) in [5.41, 5.74) is 0.760. The number of nitrogens with one attached hydrogen (secondary N) is 1. The summed E-state index contributed by atoms with van der Waals surface area (Å²) in [7, 11) is 1.59. The van der Waals surface area contributed by atoms with Crippen LogP contribution in [0.1, 0.15) is 0 Å². The number of methoxy groups -OCH3 is 1. The summed E-state index contributed by atoms with van der Waals surface area (Å²) in [6, 6.07) is 14.7. The first-order chi connectivity index (χ1) is 9.67. The van der Waals surface area contributed by atoms with Crippen LogP contribution in [0.15, 0.2) is 48.5 Å². The lowest BCUT2D eigenvalue weighted by molar-refractivity contribution is -0.118. The molecule has 0 spiro atoms. The van der Waals surface area contributed by atoms with Gasteiger partial charge in [0.25, 0.3) is 5.91 Å². The topological polar surface area (TPSA) is 47.6 Å². The molecule has 0 atom stereocenters. The Balaban J connectivity index is 1.88.